The molecule has 2 fully saturated rings. The first kappa shape index (κ1) is 19.2. The van der Waals surface area contributed by atoms with Gasteiger partial charge in [-0.3, -0.25) is 14.9 Å². The molecule has 3 aliphatic rings. The van der Waals surface area contributed by atoms with Crippen LogP contribution in [0.15, 0.2) is 30.6 Å². The van der Waals surface area contributed by atoms with Crippen molar-refractivity contribution >= 4 is 11.5 Å². The Morgan fingerprint density at radius 1 is 1.07 bits per heavy atom. The van der Waals surface area contributed by atoms with Gasteiger partial charge >= 0.3 is 11.7 Å². The molecule has 3 aliphatic carbocycles. The number of nitro groups is 1. The number of carbonyl (C=O) groups excluding carboxylic acids is 1. The Hall–Kier alpha value is -2.83. The molecule has 1 aromatic carbocycles. The highest BCUT2D eigenvalue weighted by atomic mass is 16.6. The summed E-state index contributed by atoms with van der Waals surface area (Å²) >= 11 is 0. The van der Waals surface area contributed by atoms with Crippen molar-refractivity contribution in [1.82, 2.24) is 9.97 Å². The molecule has 2 saturated carbocycles. The van der Waals surface area contributed by atoms with Crippen LogP contribution in [0.1, 0.15) is 57.1 Å². The smallest absolute Gasteiger partial charge is 0.322 e. The molecular weight excluding hydrogens is 382 g/mol. The van der Waals surface area contributed by atoms with Gasteiger partial charge in [0.25, 0.3) is 0 Å². The molecule has 0 radical (unpaired) electrons. The summed E-state index contributed by atoms with van der Waals surface area (Å²) in [5.41, 5.74) is 2.45. The summed E-state index contributed by atoms with van der Waals surface area (Å²) in [6, 6.07) is 6.24. The Balaban J connectivity index is 1.41. The van der Waals surface area contributed by atoms with E-state index in [1.165, 1.54) is 11.1 Å². The lowest BCUT2D eigenvalue weighted by Gasteiger charge is -2.54. The van der Waals surface area contributed by atoms with Crippen molar-refractivity contribution in [1.29, 1.82) is 0 Å². The number of Topliss-reactive ketones (excluding diaryl/α,β-unsaturated/α-hetero) is 1. The molecule has 1 aromatic heterocycles. The normalized spacial score (nSPS) is 32.1. The molecule has 1 heterocycles. The van der Waals surface area contributed by atoms with E-state index in [4.69, 9.17) is 4.74 Å². The van der Waals surface area contributed by atoms with Gasteiger partial charge in [0.05, 0.1) is 4.92 Å². The van der Waals surface area contributed by atoms with Crippen molar-refractivity contribution in [3.8, 4) is 11.8 Å². The lowest BCUT2D eigenvalue weighted by atomic mass is 9.49. The predicted molar refractivity (Wildman–Crippen MR) is 109 cm³/mol. The second kappa shape index (κ2) is 6.59. The number of fused-ring (bicyclic) bond motifs is 5. The van der Waals surface area contributed by atoms with E-state index in [1.54, 1.807) is 0 Å². The summed E-state index contributed by atoms with van der Waals surface area (Å²) in [5.74, 6) is 2.13. The Bertz CT molecular complexity index is 1040. The van der Waals surface area contributed by atoms with Crippen molar-refractivity contribution in [3.63, 3.8) is 0 Å². The third-order valence-electron chi connectivity index (χ3n) is 8.06. The van der Waals surface area contributed by atoms with Gasteiger partial charge in [0.1, 0.15) is 23.9 Å². The van der Waals surface area contributed by atoms with Crippen LogP contribution in [-0.2, 0) is 16.6 Å². The Kier molecular flexibility index (Phi) is 4.21. The highest BCUT2D eigenvalue weighted by molar-refractivity contribution is 5.87. The summed E-state index contributed by atoms with van der Waals surface area (Å²) in [7, 11) is 0. The number of benzene rings is 1. The third kappa shape index (κ3) is 2.75. The summed E-state index contributed by atoms with van der Waals surface area (Å²) < 4.78 is 5.76. The number of ether oxygens (including phenoxy) is 1. The van der Waals surface area contributed by atoms with Gasteiger partial charge in [0, 0.05) is 11.8 Å². The van der Waals surface area contributed by atoms with Crippen molar-refractivity contribution in [2.75, 3.05) is 0 Å². The van der Waals surface area contributed by atoms with E-state index < -0.39 is 4.92 Å². The number of ketones is 1. The van der Waals surface area contributed by atoms with Crippen LogP contribution in [0.2, 0.25) is 0 Å². The third-order valence-corrected chi connectivity index (χ3v) is 8.06. The number of aromatic nitrogens is 2. The first-order valence-corrected chi connectivity index (χ1v) is 10.6. The van der Waals surface area contributed by atoms with Crippen molar-refractivity contribution < 1.29 is 14.5 Å². The summed E-state index contributed by atoms with van der Waals surface area (Å²) in [6.07, 6.45) is 8.13. The molecule has 0 N–H and O–H groups in total. The van der Waals surface area contributed by atoms with Gasteiger partial charge < -0.3 is 4.74 Å². The average Bonchev–Trinajstić information content (AvgIpc) is 3.03. The minimum absolute atomic E-state index is 0.0881. The maximum atomic E-state index is 12.6. The minimum atomic E-state index is -0.535. The number of rotatable bonds is 3. The Labute approximate surface area is 175 Å². The molecule has 4 atom stereocenters. The van der Waals surface area contributed by atoms with Crippen LogP contribution in [0.4, 0.5) is 5.69 Å². The fourth-order valence-electron chi connectivity index (χ4n) is 6.34. The molecule has 0 unspecified atom stereocenters. The largest absolute Gasteiger partial charge is 0.424 e. The molecule has 7 nitrogen and oxygen atoms in total. The maximum absolute atomic E-state index is 12.6. The van der Waals surface area contributed by atoms with E-state index in [0.29, 0.717) is 23.4 Å². The fourth-order valence-corrected chi connectivity index (χ4v) is 6.34. The van der Waals surface area contributed by atoms with E-state index in [1.807, 2.05) is 6.07 Å². The van der Waals surface area contributed by atoms with Crippen LogP contribution in [0.5, 0.6) is 11.8 Å². The number of carbonyl (C=O) groups is 1. The van der Waals surface area contributed by atoms with Crippen LogP contribution in [0, 0.1) is 27.4 Å². The van der Waals surface area contributed by atoms with Gasteiger partial charge in [0.2, 0.25) is 0 Å². The molecule has 7 heteroatoms. The molecule has 5 rings (SSSR count). The van der Waals surface area contributed by atoms with Crippen LogP contribution in [0.3, 0.4) is 0 Å². The van der Waals surface area contributed by atoms with Crippen LogP contribution < -0.4 is 4.74 Å². The first-order chi connectivity index (χ1) is 14.3. The second-order valence-electron chi connectivity index (χ2n) is 9.45. The molecule has 2 aromatic rings. The molecular formula is C23H25N3O4. The van der Waals surface area contributed by atoms with Crippen LogP contribution >= 0.6 is 0 Å². The number of hydrogen-bond donors (Lipinski definition) is 0. The Morgan fingerprint density at radius 3 is 2.47 bits per heavy atom. The van der Waals surface area contributed by atoms with Crippen molar-refractivity contribution in [2.24, 2.45) is 17.3 Å². The molecule has 0 amide bonds. The van der Waals surface area contributed by atoms with E-state index >= 15 is 0 Å². The molecule has 30 heavy (non-hydrogen) atoms. The predicted octanol–water partition coefficient (Wildman–Crippen LogP) is 4.78. The van der Waals surface area contributed by atoms with Gasteiger partial charge in [-0.1, -0.05) is 19.9 Å². The number of hydrogen-bond acceptors (Lipinski definition) is 6. The van der Waals surface area contributed by atoms with Crippen LogP contribution in [-0.4, -0.2) is 20.7 Å². The van der Waals surface area contributed by atoms with Crippen LogP contribution in [0.25, 0.3) is 0 Å². The number of nitrogens with zero attached hydrogens (tertiary/aromatic N) is 3. The van der Waals surface area contributed by atoms with Crippen molar-refractivity contribution in [2.45, 2.75) is 57.8 Å². The minimum Gasteiger partial charge on any atom is -0.424 e. The van der Waals surface area contributed by atoms with E-state index in [0.717, 1.165) is 50.9 Å². The van der Waals surface area contributed by atoms with E-state index in [-0.39, 0.29) is 22.5 Å². The fraction of sp³-hybridized carbons (Fsp3) is 0.522. The topological polar surface area (TPSA) is 95.2 Å². The van der Waals surface area contributed by atoms with Crippen molar-refractivity contribution in [3.05, 3.63) is 51.8 Å². The van der Waals surface area contributed by atoms with Gasteiger partial charge in [-0.15, -0.1) is 0 Å². The van der Waals surface area contributed by atoms with Gasteiger partial charge in [-0.25, -0.2) is 0 Å². The van der Waals surface area contributed by atoms with E-state index in [2.05, 4.69) is 35.9 Å². The van der Waals surface area contributed by atoms with Gasteiger partial charge in [-0.05, 0) is 72.6 Å². The first-order valence-electron chi connectivity index (χ1n) is 10.6. The van der Waals surface area contributed by atoms with Gasteiger partial charge in [0.15, 0.2) is 0 Å². The highest BCUT2D eigenvalue weighted by Crippen LogP contribution is 2.62. The molecule has 156 valence electrons. The number of aryl methyl sites for hydroxylation is 1. The maximum Gasteiger partial charge on any atom is 0.322 e. The summed E-state index contributed by atoms with van der Waals surface area (Å²) in [6.45, 7) is 4.57. The summed E-state index contributed by atoms with van der Waals surface area (Å²) in [5, 5.41) is 10.7. The Morgan fingerprint density at radius 2 is 1.73 bits per heavy atom. The zero-order valence-corrected chi connectivity index (χ0v) is 17.3. The molecule has 0 bridgehead atoms. The lowest BCUT2D eigenvalue weighted by Crippen LogP contribution is -2.50. The zero-order valence-electron chi connectivity index (χ0n) is 17.3. The quantitative estimate of drug-likeness (QED) is 0.537. The standard InChI is InChI=1S/C23H25N3O4/c1-22-9-10-23(2)19(7-8-20(23)27)18(22)5-3-14-11-16(4-6-17(14)22)30-21-24-12-15(13-25-21)26(28)29/h4,6,11-13,18-19H,3,5,7-10H2,1-2H3/t18-,19-,22+,23-/m0/s1. The van der Waals surface area contributed by atoms with E-state index in [9.17, 15) is 14.9 Å². The zero-order chi connectivity index (χ0) is 21.1. The monoisotopic (exact) mass is 407 g/mol. The van der Waals surface area contributed by atoms with Gasteiger partial charge in [-0.2, -0.15) is 9.97 Å². The molecule has 0 saturated heterocycles. The molecule has 0 aliphatic heterocycles. The highest BCUT2D eigenvalue weighted by Gasteiger charge is 2.58. The summed E-state index contributed by atoms with van der Waals surface area (Å²) in [4.78, 5) is 30.6. The average molecular weight is 407 g/mol. The molecule has 0 spiro atoms. The lowest BCUT2D eigenvalue weighted by molar-refractivity contribution is -0.385. The second-order valence-corrected chi connectivity index (χ2v) is 9.45. The SMILES string of the molecule is C[C@]12CC[C@]3(C)c4ccc(Oc5ncc([N+](=O)[O-])cn5)cc4CC[C@H]3[C@@H]1CCC2=O.